The molecule has 6 heteroatoms. The van der Waals surface area contributed by atoms with E-state index in [4.69, 9.17) is 9.73 Å². The zero-order chi connectivity index (χ0) is 19.3. The van der Waals surface area contributed by atoms with Crippen LogP contribution >= 0.6 is 24.0 Å². The van der Waals surface area contributed by atoms with Crippen LogP contribution in [0.25, 0.3) is 0 Å². The first-order valence-corrected chi connectivity index (χ1v) is 10.7. The number of rotatable bonds is 10. The van der Waals surface area contributed by atoms with E-state index in [1.807, 2.05) is 6.07 Å². The fourth-order valence-electron chi connectivity index (χ4n) is 3.47. The van der Waals surface area contributed by atoms with Crippen molar-refractivity contribution in [3.8, 4) is 0 Å². The van der Waals surface area contributed by atoms with Gasteiger partial charge in [0.05, 0.1) is 6.10 Å². The van der Waals surface area contributed by atoms with Crippen molar-refractivity contribution in [3.63, 3.8) is 0 Å². The second-order valence-corrected chi connectivity index (χ2v) is 7.30. The highest BCUT2D eigenvalue weighted by Crippen LogP contribution is 2.15. The first-order valence-electron chi connectivity index (χ1n) is 10.7. The zero-order valence-corrected chi connectivity index (χ0v) is 20.2. The van der Waals surface area contributed by atoms with E-state index >= 15 is 0 Å². The summed E-state index contributed by atoms with van der Waals surface area (Å²) in [6, 6.07) is 10.9. The predicted octanol–water partition coefficient (Wildman–Crippen LogP) is 4.20. The Balaban J connectivity index is 0.00000392. The lowest BCUT2D eigenvalue weighted by Crippen LogP contribution is -2.48. The summed E-state index contributed by atoms with van der Waals surface area (Å²) in [5.74, 6) is 0.947. The fourth-order valence-corrected chi connectivity index (χ4v) is 3.47. The molecule has 5 nitrogen and oxygen atoms in total. The Morgan fingerprint density at radius 3 is 2.57 bits per heavy atom. The molecule has 160 valence electrons. The van der Waals surface area contributed by atoms with E-state index in [1.54, 1.807) is 0 Å². The predicted molar refractivity (Wildman–Crippen MR) is 130 cm³/mol. The van der Waals surface area contributed by atoms with E-state index in [0.29, 0.717) is 6.04 Å². The summed E-state index contributed by atoms with van der Waals surface area (Å²) in [4.78, 5) is 7.30. The van der Waals surface area contributed by atoms with Gasteiger partial charge in [-0.1, -0.05) is 37.3 Å². The molecule has 1 fully saturated rings. The highest BCUT2D eigenvalue weighted by Gasteiger charge is 2.19. The molecule has 0 saturated carbocycles. The van der Waals surface area contributed by atoms with E-state index in [-0.39, 0.29) is 30.1 Å². The van der Waals surface area contributed by atoms with Crippen molar-refractivity contribution < 1.29 is 4.74 Å². The van der Waals surface area contributed by atoms with Gasteiger partial charge < -0.3 is 20.3 Å². The van der Waals surface area contributed by atoms with E-state index in [2.05, 4.69) is 60.6 Å². The SMILES string of the molecule is CCCN1CCC(NC(=NCCCOC(C)c2ccccc2)NCC)CC1.I. The van der Waals surface area contributed by atoms with E-state index in [0.717, 1.165) is 32.1 Å². The summed E-state index contributed by atoms with van der Waals surface area (Å²) in [6.07, 6.45) is 4.70. The molecule has 1 saturated heterocycles. The van der Waals surface area contributed by atoms with E-state index in [9.17, 15) is 0 Å². The number of hydrogen-bond acceptors (Lipinski definition) is 3. The Kier molecular flexibility index (Phi) is 13.5. The van der Waals surface area contributed by atoms with E-state index < -0.39 is 0 Å². The van der Waals surface area contributed by atoms with Gasteiger partial charge >= 0.3 is 0 Å². The Bertz CT molecular complexity index is 533. The molecule has 0 aliphatic carbocycles. The normalized spacial score (nSPS) is 17.0. The minimum atomic E-state index is 0. The van der Waals surface area contributed by atoms with Crippen LogP contribution in [0.15, 0.2) is 35.3 Å². The number of ether oxygens (including phenoxy) is 1. The smallest absolute Gasteiger partial charge is 0.191 e. The summed E-state index contributed by atoms with van der Waals surface area (Å²) in [5, 5.41) is 6.99. The lowest BCUT2D eigenvalue weighted by molar-refractivity contribution is 0.0652. The molecule has 0 bridgehead atoms. The third kappa shape index (κ3) is 9.56. The van der Waals surface area contributed by atoms with Gasteiger partial charge in [0.25, 0.3) is 0 Å². The van der Waals surface area contributed by atoms with Crippen LogP contribution in [0.3, 0.4) is 0 Å². The molecule has 0 amide bonds. The van der Waals surface area contributed by atoms with Crippen LogP contribution in [-0.4, -0.2) is 56.2 Å². The van der Waals surface area contributed by atoms with Gasteiger partial charge in [-0.25, -0.2) is 0 Å². The average molecular weight is 502 g/mol. The number of nitrogens with zero attached hydrogens (tertiary/aromatic N) is 2. The van der Waals surface area contributed by atoms with Crippen LogP contribution in [0.2, 0.25) is 0 Å². The molecule has 1 aromatic carbocycles. The maximum absolute atomic E-state index is 5.94. The maximum atomic E-state index is 5.94. The molecule has 2 N–H and O–H groups in total. The Labute approximate surface area is 188 Å². The van der Waals surface area contributed by atoms with Crippen molar-refractivity contribution in [2.45, 2.75) is 58.6 Å². The van der Waals surface area contributed by atoms with E-state index in [1.165, 1.54) is 44.5 Å². The average Bonchev–Trinajstić information content (AvgIpc) is 2.70. The Hall–Kier alpha value is -0.860. The summed E-state index contributed by atoms with van der Waals surface area (Å²) in [6.45, 7) is 12.5. The van der Waals surface area contributed by atoms with Crippen LogP contribution in [0.4, 0.5) is 0 Å². The number of likely N-dealkylation sites (tertiary alicyclic amines) is 1. The Morgan fingerprint density at radius 1 is 1.21 bits per heavy atom. The highest BCUT2D eigenvalue weighted by molar-refractivity contribution is 14.0. The molecule has 28 heavy (non-hydrogen) atoms. The molecule has 1 aromatic rings. The minimum absolute atomic E-state index is 0. The molecule has 0 radical (unpaired) electrons. The number of piperidine rings is 1. The van der Waals surface area contributed by atoms with Crippen LogP contribution in [-0.2, 0) is 4.74 Å². The topological polar surface area (TPSA) is 48.9 Å². The monoisotopic (exact) mass is 502 g/mol. The number of nitrogens with one attached hydrogen (secondary N) is 2. The van der Waals surface area contributed by atoms with Crippen LogP contribution in [0.1, 0.15) is 58.1 Å². The van der Waals surface area contributed by atoms with Gasteiger partial charge in [-0.05, 0) is 51.6 Å². The van der Waals surface area contributed by atoms with Crippen LogP contribution in [0, 0.1) is 0 Å². The van der Waals surface area contributed by atoms with Crippen molar-refractivity contribution in [2.24, 2.45) is 4.99 Å². The number of benzene rings is 1. The summed E-state index contributed by atoms with van der Waals surface area (Å²) in [5.41, 5.74) is 1.23. The number of aliphatic imine (C=N–C) groups is 1. The molecule has 1 atom stereocenters. The molecule has 2 rings (SSSR count). The van der Waals surface area contributed by atoms with Gasteiger partial charge in [0, 0.05) is 38.8 Å². The summed E-state index contributed by atoms with van der Waals surface area (Å²) < 4.78 is 5.94. The molecular weight excluding hydrogens is 463 g/mol. The van der Waals surface area contributed by atoms with Gasteiger partial charge in [0.2, 0.25) is 0 Å². The molecule has 1 unspecified atom stereocenters. The number of halogens is 1. The summed E-state index contributed by atoms with van der Waals surface area (Å²) in [7, 11) is 0. The third-order valence-corrected chi connectivity index (χ3v) is 5.02. The lowest BCUT2D eigenvalue weighted by atomic mass is 10.1. The molecule has 1 aliphatic heterocycles. The van der Waals surface area contributed by atoms with Gasteiger partial charge in [-0.3, -0.25) is 4.99 Å². The molecule has 0 aromatic heterocycles. The molecule has 0 spiro atoms. The van der Waals surface area contributed by atoms with Crippen LogP contribution < -0.4 is 10.6 Å². The van der Waals surface area contributed by atoms with Gasteiger partial charge in [-0.15, -0.1) is 24.0 Å². The second-order valence-electron chi connectivity index (χ2n) is 7.30. The van der Waals surface area contributed by atoms with Crippen molar-refractivity contribution in [1.82, 2.24) is 15.5 Å². The Morgan fingerprint density at radius 2 is 1.93 bits per heavy atom. The van der Waals surface area contributed by atoms with Crippen LogP contribution in [0.5, 0.6) is 0 Å². The van der Waals surface area contributed by atoms with Crippen molar-refractivity contribution in [2.75, 3.05) is 39.3 Å². The molecule has 1 aliphatic rings. The quantitative estimate of drug-likeness (QED) is 0.218. The van der Waals surface area contributed by atoms with Crippen molar-refractivity contribution >= 4 is 29.9 Å². The largest absolute Gasteiger partial charge is 0.374 e. The maximum Gasteiger partial charge on any atom is 0.191 e. The first-order chi connectivity index (χ1) is 13.2. The highest BCUT2D eigenvalue weighted by atomic mass is 127. The standard InChI is InChI=1S/C22H38N4O.HI/c1-4-15-26-16-12-21(13-17-26)25-22(23-5-2)24-14-9-18-27-19(3)20-10-7-6-8-11-20;/h6-8,10-11,19,21H,4-5,9,12-18H2,1-3H3,(H2,23,24,25);1H. The molecular formula is C22H39IN4O. The third-order valence-electron chi connectivity index (χ3n) is 5.02. The van der Waals surface area contributed by atoms with Gasteiger partial charge in [0.1, 0.15) is 0 Å². The minimum Gasteiger partial charge on any atom is -0.374 e. The molecule has 1 heterocycles. The number of hydrogen-bond donors (Lipinski definition) is 2. The lowest BCUT2D eigenvalue weighted by Gasteiger charge is -2.32. The zero-order valence-electron chi connectivity index (χ0n) is 17.8. The van der Waals surface area contributed by atoms with Gasteiger partial charge in [-0.2, -0.15) is 0 Å². The second kappa shape index (κ2) is 15.0. The van der Waals surface area contributed by atoms with Crippen molar-refractivity contribution in [3.05, 3.63) is 35.9 Å². The van der Waals surface area contributed by atoms with Gasteiger partial charge in [0.15, 0.2) is 5.96 Å². The first kappa shape index (κ1) is 25.2. The summed E-state index contributed by atoms with van der Waals surface area (Å²) >= 11 is 0. The number of guanidine groups is 1. The van der Waals surface area contributed by atoms with Crippen molar-refractivity contribution in [1.29, 1.82) is 0 Å². The fraction of sp³-hybridized carbons (Fsp3) is 0.682.